The minimum absolute atomic E-state index is 0.342. The molecule has 0 aliphatic carbocycles. The van der Waals surface area contributed by atoms with Crippen molar-refractivity contribution in [3.05, 3.63) is 52.1 Å². The van der Waals surface area contributed by atoms with Gasteiger partial charge in [0.05, 0.1) is 29.6 Å². The van der Waals surface area contributed by atoms with Crippen LogP contribution in [-0.2, 0) is 10.5 Å². The number of rotatable bonds is 4. The maximum atomic E-state index is 11.4. The third kappa shape index (κ3) is 3.74. The van der Waals surface area contributed by atoms with Crippen LogP contribution < -0.4 is 5.73 Å². The monoisotopic (exact) mass is 352 g/mol. The summed E-state index contributed by atoms with van der Waals surface area (Å²) in [6.07, 6.45) is 1.64. The second kappa shape index (κ2) is 6.76. The van der Waals surface area contributed by atoms with Gasteiger partial charge in [0.25, 0.3) is 0 Å². The summed E-state index contributed by atoms with van der Waals surface area (Å²) in [4.78, 5) is 15.6. The molecular formula is C14H13BrN2O2S. The van der Waals surface area contributed by atoms with E-state index >= 15 is 0 Å². The van der Waals surface area contributed by atoms with E-state index in [2.05, 4.69) is 25.7 Å². The van der Waals surface area contributed by atoms with Crippen LogP contribution in [0.4, 0.5) is 5.69 Å². The first-order valence-corrected chi connectivity index (χ1v) is 7.59. The average Bonchev–Trinajstić information content (AvgIpc) is 2.46. The molecule has 0 fully saturated rings. The number of carbonyl (C=O) groups excluding carboxylic acids is 1. The molecule has 1 aromatic heterocycles. The summed E-state index contributed by atoms with van der Waals surface area (Å²) in [7, 11) is 1.37. The lowest BCUT2D eigenvalue weighted by atomic mass is 10.1. The Hall–Kier alpha value is -1.53. The highest BCUT2D eigenvalue weighted by Crippen LogP contribution is 2.27. The third-order valence-corrected chi connectivity index (χ3v) is 4.34. The van der Waals surface area contributed by atoms with Crippen LogP contribution >= 0.6 is 27.7 Å². The summed E-state index contributed by atoms with van der Waals surface area (Å²) < 4.78 is 5.56. The first-order valence-electron chi connectivity index (χ1n) is 5.81. The Kier molecular flexibility index (Phi) is 5.03. The Balaban J connectivity index is 2.06. The molecule has 0 saturated carbocycles. The zero-order chi connectivity index (χ0) is 14.5. The normalized spacial score (nSPS) is 10.3. The lowest BCUT2D eigenvalue weighted by molar-refractivity contribution is 0.0600. The van der Waals surface area contributed by atoms with E-state index in [1.165, 1.54) is 7.11 Å². The number of hydrogen-bond acceptors (Lipinski definition) is 5. The van der Waals surface area contributed by atoms with E-state index in [9.17, 15) is 4.79 Å². The fraction of sp³-hybridized carbons (Fsp3) is 0.143. The van der Waals surface area contributed by atoms with E-state index < -0.39 is 0 Å². The molecule has 20 heavy (non-hydrogen) atoms. The molecule has 6 heteroatoms. The molecule has 2 aromatic rings. The molecule has 0 unspecified atom stereocenters. The molecule has 0 saturated heterocycles. The van der Waals surface area contributed by atoms with Crippen LogP contribution in [0, 0.1) is 0 Å². The number of nitrogens with zero attached hydrogens (tertiary/aromatic N) is 1. The third-order valence-electron chi connectivity index (χ3n) is 2.61. The Labute approximate surface area is 129 Å². The standard InChI is InChI=1S/C14H13BrN2O2S/c1-19-14(18)9-2-3-10(12(15)6-9)8-20-13-5-4-11(16)7-17-13/h2-7H,8,16H2,1H3. The highest BCUT2D eigenvalue weighted by Gasteiger charge is 2.09. The lowest BCUT2D eigenvalue weighted by Crippen LogP contribution is -2.01. The maximum Gasteiger partial charge on any atom is 0.337 e. The van der Waals surface area contributed by atoms with Gasteiger partial charge in [0.2, 0.25) is 0 Å². The number of benzene rings is 1. The van der Waals surface area contributed by atoms with Gasteiger partial charge in [-0.1, -0.05) is 22.0 Å². The molecule has 2 rings (SSSR count). The predicted octanol–water partition coefficient (Wildman–Crippen LogP) is 3.51. The number of esters is 1. The largest absolute Gasteiger partial charge is 0.465 e. The molecule has 1 aromatic carbocycles. The first-order chi connectivity index (χ1) is 9.60. The highest BCUT2D eigenvalue weighted by molar-refractivity contribution is 9.10. The van der Waals surface area contributed by atoms with Gasteiger partial charge in [0, 0.05) is 10.2 Å². The van der Waals surface area contributed by atoms with Gasteiger partial charge in [-0.15, -0.1) is 11.8 Å². The van der Waals surface area contributed by atoms with Crippen molar-refractivity contribution in [2.45, 2.75) is 10.8 Å². The molecule has 0 amide bonds. The summed E-state index contributed by atoms with van der Waals surface area (Å²) in [5.74, 6) is 0.406. The number of ether oxygens (including phenoxy) is 1. The molecule has 0 aliphatic heterocycles. The average molecular weight is 353 g/mol. The van der Waals surface area contributed by atoms with Crippen molar-refractivity contribution in [2.75, 3.05) is 12.8 Å². The molecule has 0 atom stereocenters. The molecule has 1 heterocycles. The zero-order valence-corrected chi connectivity index (χ0v) is 13.2. The Morgan fingerprint density at radius 1 is 1.40 bits per heavy atom. The number of hydrogen-bond donors (Lipinski definition) is 1. The summed E-state index contributed by atoms with van der Waals surface area (Å²) in [5.41, 5.74) is 7.86. The van der Waals surface area contributed by atoms with E-state index in [4.69, 9.17) is 5.73 Å². The van der Waals surface area contributed by atoms with E-state index in [1.807, 2.05) is 18.2 Å². The molecule has 2 N–H and O–H groups in total. The van der Waals surface area contributed by atoms with Crippen LogP contribution in [0.1, 0.15) is 15.9 Å². The van der Waals surface area contributed by atoms with Crippen LogP contribution in [0.3, 0.4) is 0 Å². The van der Waals surface area contributed by atoms with E-state index in [0.29, 0.717) is 11.3 Å². The fourth-order valence-corrected chi connectivity index (χ4v) is 3.09. The Morgan fingerprint density at radius 3 is 2.80 bits per heavy atom. The predicted molar refractivity (Wildman–Crippen MR) is 83.7 cm³/mol. The van der Waals surface area contributed by atoms with Crippen molar-refractivity contribution in [3.63, 3.8) is 0 Å². The quantitative estimate of drug-likeness (QED) is 0.673. The van der Waals surface area contributed by atoms with Crippen molar-refractivity contribution >= 4 is 39.3 Å². The van der Waals surface area contributed by atoms with Gasteiger partial charge in [0.15, 0.2) is 0 Å². The number of carbonyl (C=O) groups is 1. The molecule has 0 bridgehead atoms. The SMILES string of the molecule is COC(=O)c1ccc(CSc2ccc(N)cn2)c(Br)c1. The smallest absolute Gasteiger partial charge is 0.337 e. The number of methoxy groups -OCH3 is 1. The zero-order valence-electron chi connectivity index (χ0n) is 10.8. The molecule has 0 aliphatic rings. The number of anilines is 1. The van der Waals surface area contributed by atoms with Gasteiger partial charge < -0.3 is 10.5 Å². The van der Waals surface area contributed by atoms with Gasteiger partial charge in [-0.05, 0) is 29.8 Å². The summed E-state index contributed by atoms with van der Waals surface area (Å²) in [6.45, 7) is 0. The summed E-state index contributed by atoms with van der Waals surface area (Å²) in [5, 5.41) is 0.906. The second-order valence-corrected chi connectivity index (χ2v) is 5.87. The Morgan fingerprint density at radius 2 is 2.20 bits per heavy atom. The molecule has 4 nitrogen and oxygen atoms in total. The van der Waals surface area contributed by atoms with Crippen LogP contribution in [0.25, 0.3) is 0 Å². The van der Waals surface area contributed by atoms with E-state index in [-0.39, 0.29) is 5.97 Å². The number of nitrogen functional groups attached to an aromatic ring is 1. The topological polar surface area (TPSA) is 65.2 Å². The van der Waals surface area contributed by atoms with Crippen molar-refractivity contribution in [2.24, 2.45) is 0 Å². The van der Waals surface area contributed by atoms with Crippen molar-refractivity contribution < 1.29 is 9.53 Å². The fourth-order valence-electron chi connectivity index (χ4n) is 1.54. The molecule has 104 valence electrons. The second-order valence-electron chi connectivity index (χ2n) is 4.02. The first kappa shape index (κ1) is 14.9. The van der Waals surface area contributed by atoms with Crippen LogP contribution in [0.5, 0.6) is 0 Å². The van der Waals surface area contributed by atoms with Crippen LogP contribution in [-0.4, -0.2) is 18.1 Å². The van der Waals surface area contributed by atoms with Gasteiger partial charge in [-0.3, -0.25) is 0 Å². The van der Waals surface area contributed by atoms with E-state index in [1.54, 1.807) is 30.1 Å². The number of pyridine rings is 1. The van der Waals surface area contributed by atoms with E-state index in [0.717, 1.165) is 20.8 Å². The van der Waals surface area contributed by atoms with Crippen molar-refractivity contribution in [1.82, 2.24) is 4.98 Å². The van der Waals surface area contributed by atoms with Crippen LogP contribution in [0.15, 0.2) is 46.0 Å². The lowest BCUT2D eigenvalue weighted by Gasteiger charge is -2.06. The number of aromatic nitrogens is 1. The minimum Gasteiger partial charge on any atom is -0.465 e. The molecule has 0 radical (unpaired) electrons. The van der Waals surface area contributed by atoms with Gasteiger partial charge in [-0.2, -0.15) is 0 Å². The van der Waals surface area contributed by atoms with Crippen LogP contribution in [0.2, 0.25) is 0 Å². The molecular weight excluding hydrogens is 340 g/mol. The van der Waals surface area contributed by atoms with Gasteiger partial charge in [-0.25, -0.2) is 9.78 Å². The number of nitrogens with two attached hydrogens (primary N) is 1. The van der Waals surface area contributed by atoms with Crippen molar-refractivity contribution in [1.29, 1.82) is 0 Å². The maximum absolute atomic E-state index is 11.4. The number of halogens is 1. The van der Waals surface area contributed by atoms with Crippen molar-refractivity contribution in [3.8, 4) is 0 Å². The highest BCUT2D eigenvalue weighted by atomic mass is 79.9. The summed E-state index contributed by atoms with van der Waals surface area (Å²) in [6, 6.07) is 9.13. The summed E-state index contributed by atoms with van der Waals surface area (Å²) >= 11 is 5.07. The minimum atomic E-state index is -0.342. The number of thioether (sulfide) groups is 1. The Bertz CT molecular complexity index is 617. The van der Waals surface area contributed by atoms with Gasteiger partial charge in [0.1, 0.15) is 0 Å². The molecule has 0 spiro atoms. The van der Waals surface area contributed by atoms with Gasteiger partial charge >= 0.3 is 5.97 Å².